The molecule has 0 radical (unpaired) electrons. The maximum atomic E-state index is 12.4. The molecule has 0 bridgehead atoms. The first-order valence-corrected chi connectivity index (χ1v) is 10.8. The van der Waals surface area contributed by atoms with Gasteiger partial charge in [0, 0.05) is 17.5 Å². The zero-order valence-corrected chi connectivity index (χ0v) is 17.6. The number of hydrogen-bond acceptors (Lipinski definition) is 6. The van der Waals surface area contributed by atoms with E-state index in [1.807, 2.05) is 13.0 Å². The normalized spacial score (nSPS) is 13.9. The number of rotatable bonds is 8. The zero-order valence-electron chi connectivity index (χ0n) is 16.8. The van der Waals surface area contributed by atoms with Crippen LogP contribution < -0.4 is 15.4 Å². The van der Waals surface area contributed by atoms with Crippen LogP contribution in [0.25, 0.3) is 10.2 Å². The molecule has 0 saturated heterocycles. The summed E-state index contributed by atoms with van der Waals surface area (Å²) >= 11 is 1.51. The number of thiophene rings is 1. The lowest BCUT2D eigenvalue weighted by molar-refractivity contribution is -0.274. The quantitative estimate of drug-likeness (QED) is 0.481. The lowest BCUT2D eigenvalue weighted by Gasteiger charge is -2.10. The molecule has 3 aromatic rings. The Kier molecular flexibility index (Phi) is 5.99. The number of nitrogens with one attached hydrogen (secondary N) is 2. The highest BCUT2D eigenvalue weighted by molar-refractivity contribution is 7.18. The van der Waals surface area contributed by atoms with Crippen LogP contribution >= 0.6 is 11.3 Å². The number of halogens is 3. The Bertz CT molecular complexity index is 1080. The van der Waals surface area contributed by atoms with E-state index in [4.69, 9.17) is 0 Å². The maximum absolute atomic E-state index is 12.4. The van der Waals surface area contributed by atoms with Crippen molar-refractivity contribution in [1.82, 2.24) is 15.3 Å². The van der Waals surface area contributed by atoms with Crippen molar-refractivity contribution in [2.24, 2.45) is 0 Å². The highest BCUT2D eigenvalue weighted by Crippen LogP contribution is 2.29. The molecule has 2 heterocycles. The van der Waals surface area contributed by atoms with Crippen molar-refractivity contribution in [3.63, 3.8) is 0 Å². The molecular weight excluding hydrogens is 429 g/mol. The summed E-state index contributed by atoms with van der Waals surface area (Å²) in [4.78, 5) is 23.1. The highest BCUT2D eigenvalue weighted by Gasteiger charge is 2.31. The van der Waals surface area contributed by atoms with Gasteiger partial charge in [-0.15, -0.1) is 24.5 Å². The number of alkyl halides is 3. The van der Waals surface area contributed by atoms with Gasteiger partial charge in [0.25, 0.3) is 5.91 Å². The second-order valence-corrected chi connectivity index (χ2v) is 8.68. The van der Waals surface area contributed by atoms with E-state index in [1.54, 1.807) is 12.1 Å². The number of aryl methyl sites for hydroxylation is 2. The lowest BCUT2D eigenvalue weighted by Crippen LogP contribution is -2.27. The van der Waals surface area contributed by atoms with Gasteiger partial charge in [0.2, 0.25) is 5.82 Å². The standard InChI is InChI=1S/C21H21F3N4O2S/c1-12-11-16-17(27-18(28-20(16)31-12)19(29)26-14-6-7-14)25-10-2-3-13-4-8-15(9-5-13)30-21(22,23)24/h4-5,8-9,11,14H,2-3,6-7,10H2,1H3,(H,26,29)(H,25,27,28). The second-order valence-electron chi connectivity index (χ2n) is 7.44. The molecule has 0 aliphatic heterocycles. The maximum Gasteiger partial charge on any atom is 0.573 e. The predicted molar refractivity (Wildman–Crippen MR) is 113 cm³/mol. The summed E-state index contributed by atoms with van der Waals surface area (Å²) in [7, 11) is 0. The van der Waals surface area contributed by atoms with E-state index in [1.165, 1.54) is 23.5 Å². The Labute approximate surface area is 180 Å². The third-order valence-electron chi connectivity index (χ3n) is 4.72. The van der Waals surface area contributed by atoms with Crippen molar-refractivity contribution in [1.29, 1.82) is 0 Å². The van der Waals surface area contributed by atoms with Gasteiger partial charge in [-0.1, -0.05) is 12.1 Å². The largest absolute Gasteiger partial charge is 0.573 e. The van der Waals surface area contributed by atoms with Crippen molar-refractivity contribution in [2.45, 2.75) is 45.0 Å². The van der Waals surface area contributed by atoms with Crippen LogP contribution in [0.4, 0.5) is 19.0 Å². The fourth-order valence-electron chi connectivity index (χ4n) is 3.11. The molecule has 1 aromatic carbocycles. The summed E-state index contributed by atoms with van der Waals surface area (Å²) in [6.45, 7) is 2.57. The molecule has 1 saturated carbocycles. The fraction of sp³-hybridized carbons (Fsp3) is 0.381. The summed E-state index contributed by atoms with van der Waals surface area (Å²) in [5.41, 5.74) is 0.903. The number of fused-ring (bicyclic) bond motifs is 1. The van der Waals surface area contributed by atoms with Crippen molar-refractivity contribution in [3.05, 3.63) is 46.6 Å². The highest BCUT2D eigenvalue weighted by atomic mass is 32.1. The van der Waals surface area contributed by atoms with Crippen molar-refractivity contribution in [2.75, 3.05) is 11.9 Å². The van der Waals surface area contributed by atoms with E-state index < -0.39 is 6.36 Å². The molecule has 164 valence electrons. The summed E-state index contributed by atoms with van der Waals surface area (Å²) in [6.07, 6.45) is -1.31. The van der Waals surface area contributed by atoms with Gasteiger partial charge < -0.3 is 15.4 Å². The Morgan fingerprint density at radius 1 is 1.23 bits per heavy atom. The topological polar surface area (TPSA) is 76.1 Å². The number of amides is 1. The average Bonchev–Trinajstić information content (AvgIpc) is 3.42. The minimum Gasteiger partial charge on any atom is -0.406 e. The predicted octanol–water partition coefficient (Wildman–Crippen LogP) is 4.84. The van der Waals surface area contributed by atoms with Crippen LogP contribution in [-0.2, 0) is 6.42 Å². The van der Waals surface area contributed by atoms with Gasteiger partial charge in [0.1, 0.15) is 16.4 Å². The molecule has 0 unspecified atom stereocenters. The Hall–Kier alpha value is -2.88. The minimum atomic E-state index is -4.69. The number of aromatic nitrogens is 2. The number of nitrogens with zero attached hydrogens (tertiary/aromatic N) is 2. The molecule has 1 aliphatic rings. The molecular formula is C21H21F3N4O2S. The SMILES string of the molecule is Cc1cc2c(NCCCc3ccc(OC(F)(F)F)cc3)nc(C(=O)NC3CC3)nc2s1. The summed E-state index contributed by atoms with van der Waals surface area (Å²) < 4.78 is 40.6. The molecule has 2 N–H and O–H groups in total. The van der Waals surface area contributed by atoms with Gasteiger partial charge in [-0.05, 0) is 56.4 Å². The van der Waals surface area contributed by atoms with Crippen LogP contribution in [-0.4, -0.2) is 34.8 Å². The van der Waals surface area contributed by atoms with Crippen molar-refractivity contribution < 1.29 is 22.7 Å². The summed E-state index contributed by atoms with van der Waals surface area (Å²) in [6, 6.07) is 8.07. The number of ether oxygens (including phenoxy) is 1. The third-order valence-corrected chi connectivity index (χ3v) is 5.67. The zero-order chi connectivity index (χ0) is 22.0. The van der Waals surface area contributed by atoms with Gasteiger partial charge in [-0.3, -0.25) is 4.79 Å². The number of carbonyl (C=O) groups is 1. The molecule has 1 amide bonds. The molecule has 6 nitrogen and oxygen atoms in total. The smallest absolute Gasteiger partial charge is 0.406 e. The van der Waals surface area contributed by atoms with E-state index in [-0.39, 0.29) is 23.5 Å². The first-order chi connectivity index (χ1) is 14.8. The van der Waals surface area contributed by atoms with Crippen LogP contribution in [0.5, 0.6) is 5.75 Å². The molecule has 31 heavy (non-hydrogen) atoms. The van der Waals surface area contributed by atoms with Crippen LogP contribution in [0.2, 0.25) is 0 Å². The Morgan fingerprint density at radius 2 is 1.97 bits per heavy atom. The van der Waals surface area contributed by atoms with Gasteiger partial charge in [-0.2, -0.15) is 0 Å². The van der Waals surface area contributed by atoms with E-state index in [0.717, 1.165) is 39.9 Å². The summed E-state index contributed by atoms with van der Waals surface area (Å²) in [5.74, 6) is 0.274. The first kappa shape index (κ1) is 21.4. The van der Waals surface area contributed by atoms with Crippen LogP contribution in [0.15, 0.2) is 30.3 Å². The molecule has 0 atom stereocenters. The number of anilines is 1. The van der Waals surface area contributed by atoms with Crippen LogP contribution in [0.3, 0.4) is 0 Å². The minimum absolute atomic E-state index is 0.156. The van der Waals surface area contributed by atoms with Crippen LogP contribution in [0.1, 0.15) is 40.3 Å². The fourth-order valence-corrected chi connectivity index (χ4v) is 3.99. The van der Waals surface area contributed by atoms with Crippen molar-refractivity contribution in [3.8, 4) is 5.75 Å². The molecule has 10 heteroatoms. The number of hydrogen-bond donors (Lipinski definition) is 2. The third kappa shape index (κ3) is 5.84. The van der Waals surface area contributed by atoms with E-state index in [2.05, 4.69) is 25.3 Å². The van der Waals surface area contributed by atoms with Gasteiger partial charge in [-0.25, -0.2) is 9.97 Å². The molecule has 4 rings (SSSR count). The van der Waals surface area contributed by atoms with Gasteiger partial charge in [0.05, 0.1) is 5.39 Å². The van der Waals surface area contributed by atoms with E-state index in [9.17, 15) is 18.0 Å². The van der Waals surface area contributed by atoms with Gasteiger partial charge >= 0.3 is 6.36 Å². The Morgan fingerprint density at radius 3 is 2.65 bits per heavy atom. The van der Waals surface area contributed by atoms with E-state index >= 15 is 0 Å². The molecule has 2 aromatic heterocycles. The number of carbonyl (C=O) groups excluding carboxylic acids is 1. The molecule has 0 spiro atoms. The molecule has 1 aliphatic carbocycles. The Balaban J connectivity index is 1.37. The van der Waals surface area contributed by atoms with Crippen LogP contribution in [0, 0.1) is 6.92 Å². The lowest BCUT2D eigenvalue weighted by atomic mass is 10.1. The molecule has 1 fully saturated rings. The second kappa shape index (κ2) is 8.70. The number of benzene rings is 1. The average molecular weight is 450 g/mol. The summed E-state index contributed by atoms with van der Waals surface area (Å²) in [5, 5.41) is 7.06. The monoisotopic (exact) mass is 450 g/mol. The van der Waals surface area contributed by atoms with E-state index in [0.29, 0.717) is 18.8 Å². The first-order valence-electron chi connectivity index (χ1n) is 9.94. The van der Waals surface area contributed by atoms with Gasteiger partial charge in [0.15, 0.2) is 0 Å². The van der Waals surface area contributed by atoms with Crippen molar-refractivity contribution >= 4 is 33.3 Å².